The van der Waals surface area contributed by atoms with E-state index in [0.717, 1.165) is 34.1 Å². The van der Waals surface area contributed by atoms with Gasteiger partial charge in [-0.1, -0.05) is 36.4 Å². The molecule has 0 heterocycles. The van der Waals surface area contributed by atoms with Crippen LogP contribution in [0.1, 0.15) is 12.8 Å². The van der Waals surface area contributed by atoms with Crippen molar-refractivity contribution < 1.29 is 9.47 Å². The van der Waals surface area contributed by atoms with Gasteiger partial charge in [0.05, 0.1) is 0 Å². The molecule has 28 heavy (non-hydrogen) atoms. The summed E-state index contributed by atoms with van der Waals surface area (Å²) in [6.07, 6.45) is 12.0. The first-order chi connectivity index (χ1) is 13.7. The van der Waals surface area contributed by atoms with Crippen molar-refractivity contribution in [3.05, 3.63) is 96.5 Å². The number of benzene rings is 2. The molecule has 2 aromatic rings. The van der Waals surface area contributed by atoms with Gasteiger partial charge in [0.1, 0.15) is 23.0 Å². The zero-order valence-electron chi connectivity index (χ0n) is 15.3. The number of ether oxygens (including phenoxy) is 2. The molecule has 0 fully saturated rings. The highest BCUT2D eigenvalue weighted by Gasteiger charge is 2.08. The highest BCUT2D eigenvalue weighted by atomic mass is 16.5. The fourth-order valence-electron chi connectivity index (χ4n) is 3.03. The SMILES string of the molecule is N=C1C=CC=C(Oc2ccc(-c3ccc(OC4=CC=CC(=N)C4)cc3)cc2)C1. The Bertz CT molecular complexity index is 938. The maximum Gasteiger partial charge on any atom is 0.126 e. The Labute approximate surface area is 164 Å². The molecule has 2 aliphatic rings. The molecule has 0 aliphatic heterocycles. The number of hydrogen-bond donors (Lipinski definition) is 2. The standard InChI is InChI=1S/C24H20N2O2/c25-19-3-1-5-23(15-19)27-21-11-7-17(8-12-21)18-9-13-22(14-10-18)28-24-6-2-4-20(26)16-24/h1-14,25-26H,15-16H2. The molecule has 2 aliphatic carbocycles. The molecule has 4 nitrogen and oxygen atoms in total. The normalized spacial score (nSPS) is 15.9. The summed E-state index contributed by atoms with van der Waals surface area (Å²) in [5.41, 5.74) is 3.28. The second kappa shape index (κ2) is 7.92. The lowest BCUT2D eigenvalue weighted by molar-refractivity contribution is 0.418. The van der Waals surface area contributed by atoms with Gasteiger partial charge in [-0.05, 0) is 59.7 Å². The first-order valence-electron chi connectivity index (χ1n) is 9.11. The predicted octanol–water partition coefficient (Wildman–Crippen LogP) is 5.84. The van der Waals surface area contributed by atoms with Crippen LogP contribution in [0, 0.1) is 10.8 Å². The van der Waals surface area contributed by atoms with Crippen molar-refractivity contribution in [2.24, 2.45) is 0 Å². The maximum atomic E-state index is 7.70. The zero-order chi connectivity index (χ0) is 19.3. The van der Waals surface area contributed by atoms with E-state index in [1.165, 1.54) is 0 Å². The summed E-state index contributed by atoms with van der Waals surface area (Å²) in [5.74, 6) is 3.08. The van der Waals surface area contributed by atoms with Crippen molar-refractivity contribution in [1.29, 1.82) is 10.8 Å². The highest BCUT2D eigenvalue weighted by molar-refractivity contribution is 5.95. The molecule has 0 saturated carbocycles. The van der Waals surface area contributed by atoms with Crippen LogP contribution in [-0.4, -0.2) is 11.4 Å². The molecule has 2 N–H and O–H groups in total. The summed E-state index contributed by atoms with van der Waals surface area (Å²) in [6.45, 7) is 0. The first kappa shape index (κ1) is 17.7. The van der Waals surface area contributed by atoms with Crippen LogP contribution < -0.4 is 9.47 Å². The van der Waals surface area contributed by atoms with Crippen molar-refractivity contribution in [2.45, 2.75) is 12.8 Å². The molecule has 0 amide bonds. The molecule has 2 aromatic carbocycles. The highest BCUT2D eigenvalue weighted by Crippen LogP contribution is 2.27. The summed E-state index contributed by atoms with van der Waals surface area (Å²) in [6, 6.07) is 15.8. The van der Waals surface area contributed by atoms with Crippen LogP contribution in [0.2, 0.25) is 0 Å². The Morgan fingerprint density at radius 1 is 0.571 bits per heavy atom. The molecule has 4 heteroatoms. The van der Waals surface area contributed by atoms with Crippen LogP contribution in [0.25, 0.3) is 11.1 Å². The van der Waals surface area contributed by atoms with Gasteiger partial charge in [-0.15, -0.1) is 0 Å². The minimum Gasteiger partial charge on any atom is -0.461 e. The van der Waals surface area contributed by atoms with Crippen molar-refractivity contribution in [2.75, 3.05) is 0 Å². The predicted molar refractivity (Wildman–Crippen MR) is 112 cm³/mol. The van der Waals surface area contributed by atoms with Gasteiger partial charge >= 0.3 is 0 Å². The summed E-state index contributed by atoms with van der Waals surface area (Å²) in [4.78, 5) is 0. The van der Waals surface area contributed by atoms with Gasteiger partial charge in [0.15, 0.2) is 0 Å². The maximum absolute atomic E-state index is 7.70. The van der Waals surface area contributed by atoms with E-state index >= 15 is 0 Å². The Kier molecular flexibility index (Phi) is 5.02. The summed E-state index contributed by atoms with van der Waals surface area (Å²) < 4.78 is 11.7. The average Bonchev–Trinajstić information content (AvgIpc) is 2.69. The molecule has 0 saturated heterocycles. The fourth-order valence-corrected chi connectivity index (χ4v) is 3.03. The zero-order valence-corrected chi connectivity index (χ0v) is 15.3. The van der Waals surface area contributed by atoms with Gasteiger partial charge in [-0.3, -0.25) is 0 Å². The lowest BCUT2D eigenvalue weighted by atomic mass is 10.1. The van der Waals surface area contributed by atoms with Gasteiger partial charge < -0.3 is 20.3 Å². The van der Waals surface area contributed by atoms with Crippen LogP contribution in [-0.2, 0) is 0 Å². The molecule has 138 valence electrons. The van der Waals surface area contributed by atoms with Gasteiger partial charge in [-0.2, -0.15) is 0 Å². The topological polar surface area (TPSA) is 66.2 Å². The Morgan fingerprint density at radius 2 is 0.964 bits per heavy atom. The van der Waals surface area contributed by atoms with E-state index in [4.69, 9.17) is 20.3 Å². The van der Waals surface area contributed by atoms with E-state index in [1.807, 2.05) is 72.8 Å². The third-order valence-electron chi connectivity index (χ3n) is 4.43. The quantitative estimate of drug-likeness (QED) is 0.696. The van der Waals surface area contributed by atoms with Gasteiger partial charge in [-0.25, -0.2) is 0 Å². The van der Waals surface area contributed by atoms with Crippen molar-refractivity contribution >= 4 is 11.4 Å². The summed E-state index contributed by atoms with van der Waals surface area (Å²) in [7, 11) is 0. The monoisotopic (exact) mass is 368 g/mol. The second-order valence-electron chi connectivity index (χ2n) is 6.64. The Hall–Kier alpha value is -3.66. The van der Waals surface area contributed by atoms with E-state index in [9.17, 15) is 0 Å². The number of nitrogens with one attached hydrogen (secondary N) is 2. The van der Waals surface area contributed by atoms with E-state index in [2.05, 4.69) is 0 Å². The summed E-state index contributed by atoms with van der Waals surface area (Å²) in [5, 5.41) is 15.4. The van der Waals surface area contributed by atoms with Gasteiger partial charge in [0, 0.05) is 24.3 Å². The minimum absolute atomic E-state index is 0.519. The van der Waals surface area contributed by atoms with Crippen molar-refractivity contribution in [3.8, 4) is 22.6 Å². The molecule has 0 radical (unpaired) electrons. The Morgan fingerprint density at radius 3 is 1.32 bits per heavy atom. The molecular formula is C24H20N2O2. The number of hydrogen-bond acceptors (Lipinski definition) is 4. The largest absolute Gasteiger partial charge is 0.461 e. The summed E-state index contributed by atoms with van der Waals surface area (Å²) >= 11 is 0. The fraction of sp³-hybridized carbons (Fsp3) is 0.0833. The van der Waals surface area contributed by atoms with Crippen LogP contribution in [0.5, 0.6) is 11.5 Å². The molecular weight excluding hydrogens is 348 g/mol. The van der Waals surface area contributed by atoms with Crippen molar-refractivity contribution in [1.82, 2.24) is 0 Å². The Balaban J connectivity index is 1.41. The van der Waals surface area contributed by atoms with Crippen LogP contribution in [0.4, 0.5) is 0 Å². The third kappa shape index (κ3) is 4.35. The van der Waals surface area contributed by atoms with Crippen LogP contribution >= 0.6 is 0 Å². The molecule has 4 rings (SSSR count). The van der Waals surface area contributed by atoms with Crippen LogP contribution in [0.15, 0.2) is 96.5 Å². The molecule has 0 atom stereocenters. The smallest absolute Gasteiger partial charge is 0.126 e. The van der Waals surface area contributed by atoms with E-state index < -0.39 is 0 Å². The van der Waals surface area contributed by atoms with Crippen LogP contribution in [0.3, 0.4) is 0 Å². The van der Waals surface area contributed by atoms with Crippen molar-refractivity contribution in [3.63, 3.8) is 0 Å². The minimum atomic E-state index is 0.519. The van der Waals surface area contributed by atoms with E-state index in [-0.39, 0.29) is 0 Å². The molecule has 0 aromatic heterocycles. The second-order valence-corrected chi connectivity index (χ2v) is 6.64. The van der Waals surface area contributed by atoms with E-state index in [0.29, 0.717) is 24.3 Å². The van der Waals surface area contributed by atoms with Gasteiger partial charge in [0.2, 0.25) is 0 Å². The van der Waals surface area contributed by atoms with E-state index in [1.54, 1.807) is 12.2 Å². The molecule has 0 bridgehead atoms. The number of allylic oxidation sites excluding steroid dienone is 8. The number of rotatable bonds is 5. The molecule has 0 spiro atoms. The lowest BCUT2D eigenvalue weighted by Crippen LogP contribution is -2.04. The average molecular weight is 368 g/mol. The lowest BCUT2D eigenvalue weighted by Gasteiger charge is -2.13. The van der Waals surface area contributed by atoms with Gasteiger partial charge in [0.25, 0.3) is 0 Å². The third-order valence-corrected chi connectivity index (χ3v) is 4.43. The first-order valence-corrected chi connectivity index (χ1v) is 9.11. The molecule has 0 unspecified atom stereocenters.